The molecule has 0 spiro atoms. The van der Waals surface area contributed by atoms with Crippen LogP contribution >= 0.6 is 0 Å². The highest BCUT2D eigenvalue weighted by atomic mass is 16.7. The molecule has 0 amide bonds. The van der Waals surface area contributed by atoms with E-state index >= 15 is 0 Å². The minimum Gasteiger partial charge on any atom is -0.393 e. The van der Waals surface area contributed by atoms with Crippen LogP contribution in [0.5, 0.6) is 0 Å². The summed E-state index contributed by atoms with van der Waals surface area (Å²) in [7, 11) is 0. The van der Waals surface area contributed by atoms with E-state index in [4.69, 9.17) is 51.4 Å². The first-order valence-electron chi connectivity index (χ1n) is 23.5. The molecule has 4 saturated carbocycles. The third-order valence-electron chi connectivity index (χ3n) is 16.4. The number of aliphatic hydroxyl groups is 9. The minimum atomic E-state index is -1.80. The maximum atomic E-state index is 13.8. The van der Waals surface area contributed by atoms with Crippen LogP contribution in [0, 0.1) is 34.5 Å². The van der Waals surface area contributed by atoms with E-state index in [0.29, 0.717) is 12.8 Å². The maximum absolute atomic E-state index is 13.8. The minimum absolute atomic E-state index is 0.00746. The molecule has 67 heavy (non-hydrogen) atoms. The van der Waals surface area contributed by atoms with E-state index in [1.165, 1.54) is 0 Å². The van der Waals surface area contributed by atoms with Gasteiger partial charge in [-0.1, -0.05) is 25.5 Å². The van der Waals surface area contributed by atoms with Gasteiger partial charge in [-0.3, -0.25) is 14.4 Å². The van der Waals surface area contributed by atoms with E-state index in [1.54, 1.807) is 12.2 Å². The average molecular weight is 957 g/mol. The monoisotopic (exact) mass is 956 g/mol. The number of ketones is 3. The molecule has 2 saturated heterocycles. The Labute approximate surface area is 388 Å². The van der Waals surface area contributed by atoms with Gasteiger partial charge in [0.15, 0.2) is 29.9 Å². The topological polar surface area (TPSA) is 393 Å². The summed E-state index contributed by atoms with van der Waals surface area (Å²) in [6, 6.07) is -2.45. The number of rotatable bonds is 17. The number of Topliss-reactive ketones (excluding diaryl/α,β-unsaturated/α-hetero) is 2. The van der Waals surface area contributed by atoms with Crippen molar-refractivity contribution in [3.63, 3.8) is 0 Å². The number of fused-ring (bicyclic) bond motifs is 5. The zero-order chi connectivity index (χ0) is 48.9. The lowest BCUT2D eigenvalue weighted by Gasteiger charge is -2.59. The van der Waals surface area contributed by atoms with Crippen molar-refractivity contribution in [2.45, 2.75) is 169 Å². The molecule has 2 aliphatic heterocycles. The standard InChI is InChI=1S/C45H72N4O18/c1-43-8-5-21(50)13-20(43)3-4-22-23-6-9-45(61,44(23,2)14-27(53)31(22)43)30(54)17-63-18-62-16-29-33(55)32(49)35(57)41(65-29)66-39-19(12-26(52)25(51)7-10-46)11-24(48)40(38(39)60)67-42-37(59)36(58)34(56)28(15-47)64-42/h5,8,13,19,22-25,27-29,31-42,51,53,55-61H,3-4,6-7,9-12,14-18,46-49H2,1-2H3/t19-,22-,23-,24-,25-,27-,28+,29+,31+,32-,33+,34+,35+,36-,37+,38+,39?,40+,41+,42+,43-,44-,45-/m0/s1. The highest BCUT2D eigenvalue weighted by Gasteiger charge is 2.68. The zero-order valence-electron chi connectivity index (χ0n) is 38.0. The number of ether oxygens (including phenoxy) is 6. The van der Waals surface area contributed by atoms with E-state index < -0.39 is 152 Å². The molecule has 7 rings (SSSR count). The number of aliphatic hydroxyl groups excluding tert-OH is 8. The van der Waals surface area contributed by atoms with E-state index in [-0.39, 0.29) is 68.7 Å². The molecule has 22 heteroatoms. The predicted octanol–water partition coefficient (Wildman–Crippen LogP) is -4.76. The van der Waals surface area contributed by atoms with Crippen LogP contribution in [0.25, 0.3) is 0 Å². The van der Waals surface area contributed by atoms with Crippen molar-refractivity contribution in [1.82, 2.24) is 0 Å². The number of hydrogen-bond acceptors (Lipinski definition) is 22. The van der Waals surface area contributed by atoms with Gasteiger partial charge in [-0.05, 0) is 81.4 Å². The Kier molecular flexibility index (Phi) is 16.3. The largest absolute Gasteiger partial charge is 0.393 e. The molecule has 17 N–H and O–H groups in total. The van der Waals surface area contributed by atoms with Crippen LogP contribution in [0.1, 0.15) is 65.2 Å². The molecule has 0 bridgehead atoms. The quantitative estimate of drug-likeness (QED) is 0.0481. The van der Waals surface area contributed by atoms with Crippen LogP contribution < -0.4 is 22.9 Å². The molecular formula is C45H72N4O18. The van der Waals surface area contributed by atoms with Gasteiger partial charge in [0.2, 0.25) is 0 Å². The maximum Gasteiger partial charge on any atom is 0.190 e. The summed E-state index contributed by atoms with van der Waals surface area (Å²) in [6.45, 7) is 2.21. The summed E-state index contributed by atoms with van der Waals surface area (Å²) in [6.07, 6.45) is -14.0. The van der Waals surface area contributed by atoms with Crippen molar-refractivity contribution in [3.05, 3.63) is 23.8 Å². The second kappa shape index (κ2) is 20.8. The number of carbonyl (C=O) groups is 3. The van der Waals surface area contributed by atoms with Gasteiger partial charge in [0.05, 0.1) is 24.9 Å². The molecule has 22 nitrogen and oxygen atoms in total. The molecule has 0 radical (unpaired) electrons. The summed E-state index contributed by atoms with van der Waals surface area (Å²) >= 11 is 0. The Morgan fingerprint density at radius 1 is 0.881 bits per heavy atom. The fraction of sp³-hybridized carbons (Fsp3) is 0.844. The molecule has 2 heterocycles. The highest BCUT2D eigenvalue weighted by molar-refractivity contribution is 6.01. The normalized spacial score (nSPS) is 48.0. The summed E-state index contributed by atoms with van der Waals surface area (Å²) < 4.78 is 34.8. The van der Waals surface area contributed by atoms with Crippen molar-refractivity contribution in [1.29, 1.82) is 0 Å². The van der Waals surface area contributed by atoms with Crippen molar-refractivity contribution in [2.24, 2.45) is 57.4 Å². The van der Waals surface area contributed by atoms with E-state index in [9.17, 15) is 60.3 Å². The fourth-order valence-corrected chi connectivity index (χ4v) is 12.6. The Morgan fingerprint density at radius 2 is 1.57 bits per heavy atom. The summed E-state index contributed by atoms with van der Waals surface area (Å²) in [5, 5.41) is 99.6. The highest BCUT2D eigenvalue weighted by Crippen LogP contribution is 2.67. The number of allylic oxidation sites excluding steroid dienone is 4. The molecule has 1 unspecified atom stereocenters. The Bertz CT molecular complexity index is 1840. The first kappa shape index (κ1) is 52.6. The molecule has 0 aromatic heterocycles. The molecule has 0 aromatic rings. The Hall–Kier alpha value is -2.27. The van der Waals surface area contributed by atoms with Crippen molar-refractivity contribution in [3.8, 4) is 0 Å². The Morgan fingerprint density at radius 3 is 2.27 bits per heavy atom. The van der Waals surface area contributed by atoms with Crippen LogP contribution in [0.4, 0.5) is 0 Å². The SMILES string of the molecule is C[C@]12C=CC(=O)C=C1CC[C@@H]1[C@@H]2[C@@H](O)C[C@@]2(C)[C@H]1CC[C@]2(O)C(=O)COCOC[C@H]1O[C@H](OC2[C@H](CC(=O)[C@@H](O)CCN)C[C@H](N)[C@@H](O[C@H]3O[C@H](CN)[C@@H](O)[C@H](O)[C@H]3O)[C@@H]2O)[C@H](O)[C@@H](N)[C@@H]1O. The van der Waals surface area contributed by atoms with Gasteiger partial charge in [0, 0.05) is 35.8 Å². The van der Waals surface area contributed by atoms with Gasteiger partial charge in [0.25, 0.3) is 0 Å². The lowest BCUT2D eigenvalue weighted by Crippen LogP contribution is -2.67. The van der Waals surface area contributed by atoms with E-state index in [0.717, 1.165) is 12.0 Å². The Balaban J connectivity index is 0.973. The second-order valence-electron chi connectivity index (χ2n) is 20.3. The average Bonchev–Trinajstić information content (AvgIpc) is 3.56. The molecule has 23 atom stereocenters. The predicted molar refractivity (Wildman–Crippen MR) is 230 cm³/mol. The molecular weight excluding hydrogens is 885 g/mol. The van der Waals surface area contributed by atoms with Gasteiger partial charge in [-0.15, -0.1) is 0 Å². The molecule has 0 aromatic carbocycles. The van der Waals surface area contributed by atoms with Crippen molar-refractivity contribution in [2.75, 3.05) is 33.1 Å². The molecule has 380 valence electrons. The fourth-order valence-electron chi connectivity index (χ4n) is 12.6. The number of nitrogens with two attached hydrogens (primary N) is 4. The van der Waals surface area contributed by atoms with Crippen LogP contribution in [-0.4, -0.2) is 200 Å². The van der Waals surface area contributed by atoms with Gasteiger partial charge in [0.1, 0.15) is 80.0 Å². The van der Waals surface area contributed by atoms with Crippen molar-refractivity contribution >= 4 is 17.3 Å². The first-order valence-corrected chi connectivity index (χ1v) is 23.5. The third-order valence-corrected chi connectivity index (χ3v) is 16.4. The summed E-state index contributed by atoms with van der Waals surface area (Å²) in [5.41, 5.74) is 21.7. The van der Waals surface area contributed by atoms with Crippen LogP contribution in [0.2, 0.25) is 0 Å². The van der Waals surface area contributed by atoms with Gasteiger partial charge >= 0.3 is 0 Å². The van der Waals surface area contributed by atoms with Gasteiger partial charge < -0.3 is 97.3 Å². The molecule has 5 aliphatic carbocycles. The summed E-state index contributed by atoms with van der Waals surface area (Å²) in [5.74, 6) is -2.44. The molecule has 7 aliphatic rings. The van der Waals surface area contributed by atoms with Gasteiger partial charge in [-0.2, -0.15) is 0 Å². The second-order valence-corrected chi connectivity index (χ2v) is 20.3. The smallest absolute Gasteiger partial charge is 0.190 e. The first-order chi connectivity index (χ1) is 31.6. The number of carbonyl (C=O) groups excluding carboxylic acids is 3. The van der Waals surface area contributed by atoms with E-state index in [1.807, 2.05) is 19.9 Å². The van der Waals surface area contributed by atoms with E-state index in [2.05, 4.69) is 0 Å². The lowest BCUT2D eigenvalue weighted by molar-refractivity contribution is -0.336. The van der Waals surface area contributed by atoms with Crippen LogP contribution in [0.15, 0.2) is 23.8 Å². The third kappa shape index (κ3) is 9.76. The zero-order valence-corrected chi connectivity index (χ0v) is 38.0. The molecule has 6 fully saturated rings. The summed E-state index contributed by atoms with van der Waals surface area (Å²) in [4.78, 5) is 39.1. The number of hydrogen-bond donors (Lipinski definition) is 13. The van der Waals surface area contributed by atoms with Gasteiger partial charge in [-0.25, -0.2) is 0 Å². The van der Waals surface area contributed by atoms with Crippen LogP contribution in [0.3, 0.4) is 0 Å². The lowest BCUT2D eigenvalue weighted by atomic mass is 9.46. The van der Waals surface area contributed by atoms with Crippen molar-refractivity contribution < 1.29 is 88.8 Å². The van der Waals surface area contributed by atoms with Crippen LogP contribution in [-0.2, 0) is 42.8 Å².